The van der Waals surface area contributed by atoms with Crippen molar-refractivity contribution >= 4 is 11.6 Å². The standard InChI is InChI=1S/C17H27ClN2O/c1-6-21-17(9-7-8-12(4)10-17)16-19-13(5)14(11(2)3)15(18)20-16/h11-12H,6-10H2,1-5H3. The number of ether oxygens (including phenoxy) is 1. The van der Waals surface area contributed by atoms with Crippen LogP contribution in [0.3, 0.4) is 0 Å². The summed E-state index contributed by atoms with van der Waals surface area (Å²) in [6.45, 7) is 11.3. The fourth-order valence-electron chi connectivity index (χ4n) is 3.58. The Kier molecular flexibility index (Phi) is 5.26. The van der Waals surface area contributed by atoms with Gasteiger partial charge in [-0.15, -0.1) is 0 Å². The lowest BCUT2D eigenvalue weighted by molar-refractivity contribution is -0.0882. The van der Waals surface area contributed by atoms with E-state index in [4.69, 9.17) is 21.3 Å². The highest BCUT2D eigenvalue weighted by Crippen LogP contribution is 2.42. The van der Waals surface area contributed by atoms with Crippen LogP contribution in [0.2, 0.25) is 5.15 Å². The van der Waals surface area contributed by atoms with E-state index in [1.807, 2.05) is 13.8 Å². The minimum Gasteiger partial charge on any atom is -0.367 e. The minimum absolute atomic E-state index is 0.333. The Bertz CT molecular complexity index is 477. The second-order valence-electron chi connectivity index (χ2n) is 6.62. The fraction of sp³-hybridized carbons (Fsp3) is 0.765. The number of rotatable bonds is 4. The molecule has 2 rings (SSSR count). The summed E-state index contributed by atoms with van der Waals surface area (Å²) < 4.78 is 6.15. The maximum Gasteiger partial charge on any atom is 0.162 e. The minimum atomic E-state index is -0.351. The van der Waals surface area contributed by atoms with Gasteiger partial charge in [0.2, 0.25) is 0 Å². The van der Waals surface area contributed by atoms with Gasteiger partial charge >= 0.3 is 0 Å². The van der Waals surface area contributed by atoms with E-state index in [1.165, 1.54) is 6.42 Å². The second-order valence-corrected chi connectivity index (χ2v) is 6.98. The van der Waals surface area contributed by atoms with Crippen molar-refractivity contribution in [2.45, 2.75) is 71.8 Å². The molecular formula is C17H27ClN2O. The first-order valence-electron chi connectivity index (χ1n) is 8.08. The molecule has 0 aromatic carbocycles. The molecule has 1 saturated carbocycles. The van der Waals surface area contributed by atoms with Crippen LogP contribution >= 0.6 is 11.6 Å². The summed E-state index contributed by atoms with van der Waals surface area (Å²) >= 11 is 6.44. The van der Waals surface area contributed by atoms with Crippen molar-refractivity contribution in [1.82, 2.24) is 9.97 Å². The molecule has 118 valence electrons. The molecule has 4 heteroatoms. The SMILES string of the molecule is CCOC1(c2nc(C)c(C(C)C)c(Cl)n2)CCCC(C)C1. The molecule has 1 heterocycles. The average molecular weight is 311 g/mol. The lowest BCUT2D eigenvalue weighted by Gasteiger charge is -2.38. The quantitative estimate of drug-likeness (QED) is 0.734. The van der Waals surface area contributed by atoms with Crippen molar-refractivity contribution in [2.75, 3.05) is 6.61 Å². The Hall–Kier alpha value is -0.670. The predicted octanol–water partition coefficient (Wildman–Crippen LogP) is 5.00. The summed E-state index contributed by atoms with van der Waals surface area (Å²) in [6.07, 6.45) is 4.39. The molecule has 21 heavy (non-hydrogen) atoms. The number of aromatic nitrogens is 2. The number of aryl methyl sites for hydroxylation is 1. The van der Waals surface area contributed by atoms with Gasteiger partial charge in [-0.05, 0) is 44.9 Å². The molecule has 1 fully saturated rings. The molecule has 0 spiro atoms. The monoisotopic (exact) mass is 310 g/mol. The molecule has 3 nitrogen and oxygen atoms in total. The van der Waals surface area contributed by atoms with Gasteiger partial charge in [-0.3, -0.25) is 0 Å². The van der Waals surface area contributed by atoms with Crippen molar-refractivity contribution in [3.8, 4) is 0 Å². The molecule has 1 aromatic heterocycles. The molecule has 0 radical (unpaired) electrons. The molecule has 2 unspecified atom stereocenters. The van der Waals surface area contributed by atoms with Crippen LogP contribution in [0.1, 0.15) is 76.4 Å². The zero-order valence-corrected chi connectivity index (χ0v) is 14.6. The van der Waals surface area contributed by atoms with Gasteiger partial charge in [0.05, 0.1) is 0 Å². The van der Waals surface area contributed by atoms with Gasteiger partial charge in [0, 0.05) is 17.9 Å². The van der Waals surface area contributed by atoms with Crippen molar-refractivity contribution in [3.63, 3.8) is 0 Å². The molecule has 0 amide bonds. The summed E-state index contributed by atoms with van der Waals surface area (Å²) in [4.78, 5) is 9.42. The third-order valence-corrected chi connectivity index (χ3v) is 4.74. The topological polar surface area (TPSA) is 35.0 Å². The van der Waals surface area contributed by atoms with E-state index in [9.17, 15) is 0 Å². The molecule has 0 saturated heterocycles. The largest absolute Gasteiger partial charge is 0.367 e. The second kappa shape index (κ2) is 6.62. The Morgan fingerprint density at radius 1 is 1.38 bits per heavy atom. The van der Waals surface area contributed by atoms with Crippen LogP contribution in [0.5, 0.6) is 0 Å². The lowest BCUT2D eigenvalue weighted by Crippen LogP contribution is -2.37. The summed E-state index contributed by atoms with van der Waals surface area (Å²) in [6, 6.07) is 0. The fourth-order valence-corrected chi connectivity index (χ4v) is 4.02. The Labute approximate surface area is 133 Å². The summed E-state index contributed by atoms with van der Waals surface area (Å²) in [5.41, 5.74) is 1.68. The normalized spacial score (nSPS) is 26.3. The van der Waals surface area contributed by atoms with E-state index >= 15 is 0 Å². The van der Waals surface area contributed by atoms with E-state index in [-0.39, 0.29) is 5.60 Å². The summed E-state index contributed by atoms with van der Waals surface area (Å²) in [7, 11) is 0. The third-order valence-electron chi connectivity index (χ3n) is 4.45. The van der Waals surface area contributed by atoms with Crippen LogP contribution in [0, 0.1) is 12.8 Å². The van der Waals surface area contributed by atoms with Crippen molar-refractivity contribution in [2.24, 2.45) is 5.92 Å². The van der Waals surface area contributed by atoms with Crippen LogP contribution in [0.25, 0.3) is 0 Å². The summed E-state index contributed by atoms with van der Waals surface area (Å²) in [5.74, 6) is 1.75. The molecule has 0 bridgehead atoms. The van der Waals surface area contributed by atoms with E-state index < -0.39 is 0 Å². The van der Waals surface area contributed by atoms with E-state index in [1.54, 1.807) is 0 Å². The first-order chi connectivity index (χ1) is 9.89. The molecule has 1 aromatic rings. The zero-order valence-electron chi connectivity index (χ0n) is 13.9. The van der Waals surface area contributed by atoms with E-state index in [0.29, 0.717) is 23.6 Å². The highest BCUT2D eigenvalue weighted by molar-refractivity contribution is 6.30. The Morgan fingerprint density at radius 2 is 2.10 bits per heavy atom. The van der Waals surface area contributed by atoms with Gasteiger partial charge in [0.1, 0.15) is 10.8 Å². The van der Waals surface area contributed by atoms with Gasteiger partial charge < -0.3 is 4.74 Å². The molecule has 0 aliphatic heterocycles. The molecular weight excluding hydrogens is 284 g/mol. The maximum atomic E-state index is 6.44. The molecule has 1 aliphatic rings. The van der Waals surface area contributed by atoms with Gasteiger partial charge in [-0.2, -0.15) is 0 Å². The zero-order chi connectivity index (χ0) is 15.6. The molecule has 0 N–H and O–H groups in total. The summed E-state index contributed by atoms with van der Waals surface area (Å²) in [5, 5.41) is 0.588. The van der Waals surface area contributed by atoms with Crippen LogP contribution in [-0.2, 0) is 10.3 Å². The van der Waals surface area contributed by atoms with Crippen LogP contribution in [0.15, 0.2) is 0 Å². The lowest BCUT2D eigenvalue weighted by atomic mass is 9.78. The van der Waals surface area contributed by atoms with Crippen molar-refractivity contribution < 1.29 is 4.74 Å². The van der Waals surface area contributed by atoms with Crippen LogP contribution < -0.4 is 0 Å². The Morgan fingerprint density at radius 3 is 2.62 bits per heavy atom. The molecule has 2 atom stereocenters. The van der Waals surface area contributed by atoms with E-state index in [0.717, 1.165) is 36.3 Å². The van der Waals surface area contributed by atoms with Crippen molar-refractivity contribution in [1.29, 1.82) is 0 Å². The van der Waals surface area contributed by atoms with Crippen molar-refractivity contribution in [3.05, 3.63) is 22.2 Å². The van der Waals surface area contributed by atoms with Crippen LogP contribution in [-0.4, -0.2) is 16.6 Å². The van der Waals surface area contributed by atoms with Gasteiger partial charge in [0.15, 0.2) is 5.82 Å². The van der Waals surface area contributed by atoms with Gasteiger partial charge in [-0.25, -0.2) is 9.97 Å². The highest BCUT2D eigenvalue weighted by atomic mass is 35.5. The predicted molar refractivity (Wildman–Crippen MR) is 86.8 cm³/mol. The smallest absolute Gasteiger partial charge is 0.162 e. The maximum absolute atomic E-state index is 6.44. The number of nitrogens with zero attached hydrogens (tertiary/aromatic N) is 2. The average Bonchev–Trinajstić information content (AvgIpc) is 2.37. The molecule has 1 aliphatic carbocycles. The number of hydrogen-bond acceptors (Lipinski definition) is 3. The van der Waals surface area contributed by atoms with Crippen LogP contribution in [0.4, 0.5) is 0 Å². The first kappa shape index (κ1) is 16.7. The van der Waals surface area contributed by atoms with E-state index in [2.05, 4.69) is 25.8 Å². The number of halogens is 1. The Balaban J connectivity index is 2.46. The van der Waals surface area contributed by atoms with Gasteiger partial charge in [-0.1, -0.05) is 38.8 Å². The highest BCUT2D eigenvalue weighted by Gasteiger charge is 2.40. The number of hydrogen-bond donors (Lipinski definition) is 0. The third kappa shape index (κ3) is 3.40. The first-order valence-corrected chi connectivity index (χ1v) is 8.46. The van der Waals surface area contributed by atoms with Gasteiger partial charge in [0.25, 0.3) is 0 Å².